The normalized spacial score (nSPS) is 31.7. The van der Waals surface area contributed by atoms with Crippen molar-refractivity contribution in [2.45, 2.75) is 90.4 Å². The largest absolute Gasteiger partial charge is 0.481 e. The fourth-order valence-corrected chi connectivity index (χ4v) is 6.57. The number of nitrogens with one attached hydrogen (secondary N) is 2. The van der Waals surface area contributed by atoms with Crippen molar-refractivity contribution in [2.24, 2.45) is 23.2 Å². The molecule has 0 radical (unpaired) electrons. The Bertz CT molecular complexity index is 925. The summed E-state index contributed by atoms with van der Waals surface area (Å²) in [6.07, 6.45) is 1.84. The molecule has 1 saturated heterocycles. The van der Waals surface area contributed by atoms with Crippen molar-refractivity contribution < 1.29 is 24.0 Å². The number of carbonyl (C=O) groups is 2. The van der Waals surface area contributed by atoms with Gasteiger partial charge < -0.3 is 25.0 Å². The van der Waals surface area contributed by atoms with Crippen LogP contribution in [0.3, 0.4) is 0 Å². The molecule has 3 saturated carbocycles. The Morgan fingerprint density at radius 1 is 1.21 bits per heavy atom. The third-order valence-electron chi connectivity index (χ3n) is 8.62. The fraction of sp³-hybridized carbons (Fsp3) is 0.692. The SMILES string of the molecule is CC(C)C[C@H](NC(=O)[C@@](C)(Cc1ccccc1)NC(=O)O)B1O[C@@H]2C[C@@H]3C[C@@H](C3(C)C)[C@]2(C)O1. The first-order valence-corrected chi connectivity index (χ1v) is 12.5. The topological polar surface area (TPSA) is 96.9 Å². The van der Waals surface area contributed by atoms with E-state index in [0.717, 1.165) is 18.4 Å². The van der Waals surface area contributed by atoms with E-state index < -0.39 is 18.8 Å². The summed E-state index contributed by atoms with van der Waals surface area (Å²) >= 11 is 0. The number of hydrogen-bond acceptors (Lipinski definition) is 4. The fourth-order valence-electron chi connectivity index (χ4n) is 6.57. The van der Waals surface area contributed by atoms with Gasteiger partial charge in [0.15, 0.2) is 0 Å². The minimum atomic E-state index is -1.33. The van der Waals surface area contributed by atoms with E-state index in [1.165, 1.54) is 0 Å². The molecule has 4 aliphatic rings. The van der Waals surface area contributed by atoms with Gasteiger partial charge in [-0.3, -0.25) is 4.79 Å². The molecular formula is C26H39BN2O5. The third kappa shape index (κ3) is 4.47. The summed E-state index contributed by atoms with van der Waals surface area (Å²) in [5.41, 5.74) is -0.584. The van der Waals surface area contributed by atoms with Gasteiger partial charge in [0, 0.05) is 6.42 Å². The molecule has 34 heavy (non-hydrogen) atoms. The maximum Gasteiger partial charge on any atom is 0.481 e. The monoisotopic (exact) mass is 470 g/mol. The van der Waals surface area contributed by atoms with Crippen LogP contribution in [0.5, 0.6) is 0 Å². The zero-order valence-corrected chi connectivity index (χ0v) is 21.3. The first kappa shape index (κ1) is 25.1. The lowest BCUT2D eigenvalue weighted by atomic mass is 9.43. The van der Waals surface area contributed by atoms with Gasteiger partial charge in [-0.05, 0) is 61.8 Å². The van der Waals surface area contributed by atoms with Crippen LogP contribution in [0.25, 0.3) is 0 Å². The number of carboxylic acid groups (broad SMARTS) is 1. The molecule has 8 heteroatoms. The Labute approximate surface area is 203 Å². The predicted molar refractivity (Wildman–Crippen MR) is 131 cm³/mol. The summed E-state index contributed by atoms with van der Waals surface area (Å²) < 4.78 is 13.1. The van der Waals surface area contributed by atoms with Crippen molar-refractivity contribution in [1.82, 2.24) is 10.6 Å². The van der Waals surface area contributed by atoms with E-state index in [4.69, 9.17) is 9.31 Å². The molecular weight excluding hydrogens is 431 g/mol. The lowest BCUT2D eigenvalue weighted by Gasteiger charge is -2.64. The summed E-state index contributed by atoms with van der Waals surface area (Å²) in [5.74, 6) is 0.624. The van der Waals surface area contributed by atoms with Crippen molar-refractivity contribution in [1.29, 1.82) is 0 Å². The number of hydrogen-bond donors (Lipinski definition) is 3. The third-order valence-corrected chi connectivity index (χ3v) is 8.62. The summed E-state index contributed by atoms with van der Waals surface area (Å²) in [7, 11) is -0.553. The highest BCUT2D eigenvalue weighted by Crippen LogP contribution is 2.65. The Morgan fingerprint density at radius 2 is 1.88 bits per heavy atom. The molecule has 2 amide bonds. The van der Waals surface area contributed by atoms with Crippen LogP contribution in [-0.2, 0) is 20.5 Å². The molecule has 3 aliphatic carbocycles. The summed E-state index contributed by atoms with van der Waals surface area (Å²) in [4.78, 5) is 25.2. The van der Waals surface area contributed by atoms with Crippen LogP contribution in [-0.4, -0.2) is 47.4 Å². The number of amides is 2. The average Bonchev–Trinajstić information content (AvgIpc) is 3.10. The van der Waals surface area contributed by atoms with Crippen LogP contribution < -0.4 is 10.6 Å². The van der Waals surface area contributed by atoms with Gasteiger partial charge in [-0.25, -0.2) is 4.79 Å². The molecule has 6 atom stereocenters. The van der Waals surface area contributed by atoms with Gasteiger partial charge in [0.1, 0.15) is 5.54 Å². The van der Waals surface area contributed by atoms with Crippen LogP contribution in [0.1, 0.15) is 66.4 Å². The van der Waals surface area contributed by atoms with Crippen LogP contribution in [0.15, 0.2) is 30.3 Å². The van der Waals surface area contributed by atoms with Crippen molar-refractivity contribution >= 4 is 19.1 Å². The van der Waals surface area contributed by atoms with Crippen LogP contribution in [0, 0.1) is 23.2 Å². The van der Waals surface area contributed by atoms with Crippen molar-refractivity contribution in [2.75, 3.05) is 0 Å². The molecule has 4 fully saturated rings. The lowest BCUT2D eigenvalue weighted by Crippen LogP contribution is -2.65. The minimum absolute atomic E-state index is 0.0219. The second kappa shape index (κ2) is 8.87. The van der Waals surface area contributed by atoms with Crippen molar-refractivity contribution in [3.63, 3.8) is 0 Å². The Hall–Kier alpha value is -2.06. The summed E-state index contributed by atoms with van der Waals surface area (Å²) in [6.45, 7) is 12.6. The van der Waals surface area contributed by atoms with E-state index in [1.807, 2.05) is 30.3 Å². The summed E-state index contributed by atoms with van der Waals surface area (Å²) in [6, 6.07) is 9.44. The van der Waals surface area contributed by atoms with Crippen LogP contribution in [0.2, 0.25) is 0 Å². The highest BCUT2D eigenvalue weighted by atomic mass is 16.7. The van der Waals surface area contributed by atoms with Gasteiger partial charge in [0.05, 0.1) is 17.6 Å². The maximum atomic E-state index is 13.6. The number of benzene rings is 1. The van der Waals surface area contributed by atoms with Crippen LogP contribution in [0.4, 0.5) is 4.79 Å². The second-order valence-electron chi connectivity index (χ2n) is 12.0. The van der Waals surface area contributed by atoms with Crippen molar-refractivity contribution in [3.8, 4) is 0 Å². The van der Waals surface area contributed by atoms with Gasteiger partial charge in [0.25, 0.3) is 0 Å². The smallest absolute Gasteiger partial charge is 0.465 e. The van der Waals surface area contributed by atoms with Crippen molar-refractivity contribution in [3.05, 3.63) is 35.9 Å². The zero-order valence-electron chi connectivity index (χ0n) is 21.3. The first-order valence-electron chi connectivity index (χ1n) is 12.5. The highest BCUT2D eigenvalue weighted by molar-refractivity contribution is 6.48. The number of rotatable bonds is 8. The standard InChI is InChI=1S/C26H39BN2O5/c1-16(2)12-21(27-33-20-14-18-13-19(24(18,3)4)26(20,6)34-27)28-22(30)25(5,29-23(31)32)15-17-10-8-7-9-11-17/h7-11,16,18-21,29H,12-15H2,1-6H3,(H,28,30)(H,31,32)/t18-,19-,20+,21-,25+,26-/m0/s1. The number of carbonyl (C=O) groups excluding carboxylic acids is 1. The maximum absolute atomic E-state index is 13.6. The Morgan fingerprint density at radius 3 is 2.47 bits per heavy atom. The van der Waals surface area contributed by atoms with Gasteiger partial charge in [-0.1, -0.05) is 58.0 Å². The Balaban J connectivity index is 1.53. The van der Waals surface area contributed by atoms with E-state index in [2.05, 4.69) is 45.3 Å². The van der Waals surface area contributed by atoms with Gasteiger partial charge in [0.2, 0.25) is 5.91 Å². The molecule has 7 nitrogen and oxygen atoms in total. The van der Waals surface area contributed by atoms with E-state index >= 15 is 0 Å². The minimum Gasteiger partial charge on any atom is -0.465 e. The van der Waals surface area contributed by atoms with E-state index in [9.17, 15) is 14.7 Å². The molecule has 1 aromatic rings. The van der Waals surface area contributed by atoms with E-state index in [0.29, 0.717) is 24.2 Å². The molecule has 0 unspecified atom stereocenters. The molecule has 1 heterocycles. The van der Waals surface area contributed by atoms with Crippen LogP contribution >= 0.6 is 0 Å². The van der Waals surface area contributed by atoms with Gasteiger partial charge >= 0.3 is 13.2 Å². The van der Waals surface area contributed by atoms with Gasteiger partial charge in [-0.15, -0.1) is 0 Å². The zero-order chi connectivity index (χ0) is 24.9. The molecule has 0 spiro atoms. The highest BCUT2D eigenvalue weighted by Gasteiger charge is 2.68. The molecule has 1 aliphatic heterocycles. The molecule has 5 rings (SSSR count). The quantitative estimate of drug-likeness (QED) is 0.498. The molecule has 186 valence electrons. The second-order valence-corrected chi connectivity index (χ2v) is 12.0. The lowest BCUT2D eigenvalue weighted by molar-refractivity contribution is -0.199. The van der Waals surface area contributed by atoms with E-state index in [1.54, 1.807) is 6.92 Å². The molecule has 0 aromatic heterocycles. The summed E-state index contributed by atoms with van der Waals surface area (Å²) in [5, 5.41) is 15.1. The molecule has 3 N–H and O–H groups in total. The van der Waals surface area contributed by atoms with E-state index in [-0.39, 0.29) is 35.4 Å². The first-order chi connectivity index (χ1) is 15.8. The Kier molecular flexibility index (Phi) is 6.53. The molecule has 1 aromatic carbocycles. The molecule has 2 bridgehead atoms. The average molecular weight is 470 g/mol. The predicted octanol–water partition coefficient (Wildman–Crippen LogP) is 4.05. The van der Waals surface area contributed by atoms with Gasteiger partial charge in [-0.2, -0.15) is 0 Å².